The summed E-state index contributed by atoms with van der Waals surface area (Å²) >= 11 is 0. The largest absolute Gasteiger partial charge is 0.497 e. The minimum absolute atomic E-state index is 0.00417. The highest BCUT2D eigenvalue weighted by Crippen LogP contribution is 2.50. The van der Waals surface area contributed by atoms with Crippen LogP contribution in [-0.4, -0.2) is 70.8 Å². The first-order valence-electron chi connectivity index (χ1n) is 11.3. The lowest BCUT2D eigenvalue weighted by Gasteiger charge is -2.50. The fourth-order valence-electron chi connectivity index (χ4n) is 5.56. The van der Waals surface area contributed by atoms with E-state index < -0.39 is 6.04 Å². The third-order valence-corrected chi connectivity index (χ3v) is 7.16. The van der Waals surface area contributed by atoms with Crippen LogP contribution in [0.15, 0.2) is 18.2 Å². The number of fused-ring (bicyclic) bond motifs is 4. The van der Waals surface area contributed by atoms with Crippen molar-refractivity contribution in [2.45, 2.75) is 51.1 Å². The molecule has 2 N–H and O–H groups in total. The molecule has 1 aromatic heterocycles. The summed E-state index contributed by atoms with van der Waals surface area (Å²) in [5, 5.41) is 14.6. The van der Waals surface area contributed by atoms with Crippen LogP contribution in [0.1, 0.15) is 50.9 Å². The fraction of sp³-hybridized carbons (Fsp3) is 0.583. The molecular formula is C24H34N4O4. The second kappa shape index (κ2) is 8.31. The Morgan fingerprint density at radius 1 is 1.28 bits per heavy atom. The molecule has 0 bridgehead atoms. The second-order valence-electron chi connectivity index (χ2n) is 9.42. The second-order valence-corrected chi connectivity index (χ2v) is 9.42. The zero-order valence-corrected chi connectivity index (χ0v) is 19.6. The Kier molecular flexibility index (Phi) is 5.83. The van der Waals surface area contributed by atoms with Gasteiger partial charge in [-0.25, -0.2) is 4.79 Å². The Bertz CT molecular complexity index is 1040. The van der Waals surface area contributed by atoms with Crippen LogP contribution >= 0.6 is 0 Å². The first-order valence-corrected chi connectivity index (χ1v) is 11.3. The van der Waals surface area contributed by atoms with Gasteiger partial charge in [-0.05, 0) is 44.4 Å². The molecule has 8 heteroatoms. The SMILES string of the molecule is COc1ccc2c3c(n(C)c2c1)[C@H](CO)N(C(=O)NC(C)C)CC31CCN(C(C)=O)CC1. The molecule has 8 nitrogen and oxygen atoms in total. The number of aryl methyl sites for hydroxylation is 1. The van der Waals surface area contributed by atoms with Crippen molar-refractivity contribution >= 4 is 22.8 Å². The molecule has 2 aromatic rings. The van der Waals surface area contributed by atoms with Crippen LogP contribution in [0.5, 0.6) is 5.75 Å². The number of nitrogens with one attached hydrogen (secondary N) is 1. The first kappa shape index (κ1) is 22.5. The molecule has 1 aromatic carbocycles. The van der Waals surface area contributed by atoms with Gasteiger partial charge >= 0.3 is 6.03 Å². The van der Waals surface area contributed by atoms with Gasteiger partial charge in [0.1, 0.15) is 5.75 Å². The Morgan fingerprint density at radius 3 is 2.53 bits per heavy atom. The number of methoxy groups -OCH3 is 1. The number of ether oxygens (including phenoxy) is 1. The molecular weight excluding hydrogens is 408 g/mol. The number of carbonyl (C=O) groups excluding carboxylic acids is 2. The number of urea groups is 1. The van der Waals surface area contributed by atoms with E-state index >= 15 is 0 Å². The molecule has 1 fully saturated rings. The van der Waals surface area contributed by atoms with Crippen LogP contribution in [0.2, 0.25) is 0 Å². The number of hydrogen-bond acceptors (Lipinski definition) is 4. The van der Waals surface area contributed by atoms with Crippen LogP contribution in [-0.2, 0) is 17.3 Å². The Balaban J connectivity index is 1.90. The number of amides is 3. The van der Waals surface area contributed by atoms with Crippen LogP contribution in [0.4, 0.5) is 4.79 Å². The smallest absolute Gasteiger partial charge is 0.318 e. The van der Waals surface area contributed by atoms with Crippen LogP contribution < -0.4 is 10.1 Å². The first-order chi connectivity index (χ1) is 15.2. The standard InChI is InChI=1S/C24H34N4O4/c1-15(2)25-23(31)28-14-24(8-10-27(11-9-24)16(3)30)21-18-7-6-17(32-5)12-19(18)26(4)22(21)20(28)13-29/h6-7,12,15,20,29H,8-11,13-14H2,1-5H3,(H,25,31)/t20-/m0/s1. The number of rotatable bonds is 3. The molecule has 2 aliphatic heterocycles. The van der Waals surface area contributed by atoms with Crippen molar-refractivity contribution in [1.82, 2.24) is 19.7 Å². The van der Waals surface area contributed by atoms with Gasteiger partial charge < -0.3 is 29.5 Å². The third kappa shape index (κ3) is 3.50. The van der Waals surface area contributed by atoms with Gasteiger partial charge in [-0.1, -0.05) is 0 Å². The zero-order valence-electron chi connectivity index (χ0n) is 19.6. The molecule has 174 valence electrons. The molecule has 3 amide bonds. The van der Waals surface area contributed by atoms with E-state index in [0.717, 1.165) is 35.2 Å². The lowest BCUT2D eigenvalue weighted by Crippen LogP contribution is -2.58. The Hall–Kier alpha value is -2.74. The number of benzene rings is 1. The molecule has 32 heavy (non-hydrogen) atoms. The van der Waals surface area contributed by atoms with Crippen LogP contribution in [0.25, 0.3) is 10.9 Å². The van der Waals surface area contributed by atoms with Gasteiger partial charge in [-0.3, -0.25) is 4.79 Å². The average molecular weight is 443 g/mol. The number of carbonyl (C=O) groups is 2. The van der Waals surface area contributed by atoms with Crippen molar-refractivity contribution in [1.29, 1.82) is 0 Å². The van der Waals surface area contributed by atoms with Gasteiger partial charge in [0, 0.05) is 62.2 Å². The Labute approximate surface area is 189 Å². The van der Waals surface area contributed by atoms with Crippen molar-refractivity contribution in [2.24, 2.45) is 7.05 Å². The molecule has 1 spiro atoms. The molecule has 3 heterocycles. The number of hydrogen-bond donors (Lipinski definition) is 2. The zero-order chi connectivity index (χ0) is 23.2. The maximum Gasteiger partial charge on any atom is 0.318 e. The molecule has 0 unspecified atom stereocenters. The minimum atomic E-state index is -0.441. The summed E-state index contributed by atoms with van der Waals surface area (Å²) in [5.41, 5.74) is 2.91. The van der Waals surface area contributed by atoms with E-state index in [0.29, 0.717) is 19.6 Å². The summed E-state index contributed by atoms with van der Waals surface area (Å²) in [6.07, 6.45) is 1.54. The number of aliphatic hydroxyl groups excluding tert-OH is 1. The highest BCUT2D eigenvalue weighted by atomic mass is 16.5. The van der Waals surface area contributed by atoms with Gasteiger partial charge in [0.15, 0.2) is 0 Å². The van der Waals surface area contributed by atoms with Gasteiger partial charge in [0.2, 0.25) is 5.91 Å². The minimum Gasteiger partial charge on any atom is -0.497 e. The van der Waals surface area contributed by atoms with Crippen LogP contribution in [0.3, 0.4) is 0 Å². The van der Waals surface area contributed by atoms with E-state index in [9.17, 15) is 14.7 Å². The summed E-state index contributed by atoms with van der Waals surface area (Å²) in [6.45, 7) is 7.15. The normalized spacial score (nSPS) is 20.0. The molecule has 0 aliphatic carbocycles. The lowest BCUT2D eigenvalue weighted by molar-refractivity contribution is -0.130. The topological polar surface area (TPSA) is 87.0 Å². The number of aromatic nitrogens is 1. The van der Waals surface area contributed by atoms with Gasteiger partial charge in [-0.15, -0.1) is 0 Å². The molecule has 2 aliphatic rings. The summed E-state index contributed by atoms with van der Waals surface area (Å²) in [7, 11) is 3.64. The quantitative estimate of drug-likeness (QED) is 0.765. The molecule has 4 rings (SSSR count). The molecule has 0 radical (unpaired) electrons. The van der Waals surface area contributed by atoms with Gasteiger partial charge in [-0.2, -0.15) is 0 Å². The Morgan fingerprint density at radius 2 is 1.97 bits per heavy atom. The molecule has 1 saturated heterocycles. The van der Waals surface area contributed by atoms with Crippen molar-refractivity contribution in [3.8, 4) is 5.75 Å². The molecule has 1 atom stereocenters. The fourth-order valence-corrected chi connectivity index (χ4v) is 5.56. The van der Waals surface area contributed by atoms with Crippen molar-refractivity contribution in [3.63, 3.8) is 0 Å². The highest BCUT2D eigenvalue weighted by Gasteiger charge is 2.49. The van der Waals surface area contributed by atoms with E-state index in [4.69, 9.17) is 4.74 Å². The predicted molar refractivity (Wildman–Crippen MR) is 123 cm³/mol. The maximum absolute atomic E-state index is 13.2. The predicted octanol–water partition coefficient (Wildman–Crippen LogP) is 2.53. The van der Waals surface area contributed by atoms with Crippen LogP contribution in [0, 0.1) is 0 Å². The van der Waals surface area contributed by atoms with E-state index in [2.05, 4.69) is 16.0 Å². The summed E-state index contributed by atoms with van der Waals surface area (Å²) in [6, 6.07) is 5.45. The number of aliphatic hydroxyl groups is 1. The van der Waals surface area contributed by atoms with Gasteiger partial charge in [0.25, 0.3) is 0 Å². The van der Waals surface area contributed by atoms with Crippen molar-refractivity contribution < 1.29 is 19.4 Å². The van der Waals surface area contributed by atoms with E-state index in [1.807, 2.05) is 37.9 Å². The van der Waals surface area contributed by atoms with Crippen molar-refractivity contribution in [2.75, 3.05) is 33.4 Å². The third-order valence-electron chi connectivity index (χ3n) is 7.16. The number of piperidine rings is 1. The number of likely N-dealkylation sites (tertiary alicyclic amines) is 1. The van der Waals surface area contributed by atoms with Crippen molar-refractivity contribution in [3.05, 3.63) is 29.5 Å². The summed E-state index contributed by atoms with van der Waals surface area (Å²) < 4.78 is 7.56. The maximum atomic E-state index is 13.2. The molecule has 0 saturated carbocycles. The van der Waals surface area contributed by atoms with E-state index in [1.54, 1.807) is 18.9 Å². The van der Waals surface area contributed by atoms with Gasteiger partial charge in [0.05, 0.1) is 25.3 Å². The number of nitrogens with zero attached hydrogens (tertiary/aromatic N) is 3. The summed E-state index contributed by atoms with van der Waals surface area (Å²) in [5.74, 6) is 0.854. The average Bonchev–Trinajstić information content (AvgIpc) is 3.06. The van der Waals surface area contributed by atoms with E-state index in [-0.39, 0.29) is 30.0 Å². The van der Waals surface area contributed by atoms with E-state index in [1.165, 1.54) is 5.56 Å². The summed E-state index contributed by atoms with van der Waals surface area (Å²) in [4.78, 5) is 28.9. The lowest BCUT2D eigenvalue weighted by atomic mass is 9.68. The highest BCUT2D eigenvalue weighted by molar-refractivity contribution is 5.89. The monoisotopic (exact) mass is 442 g/mol.